The Morgan fingerprint density at radius 1 is 1.24 bits per heavy atom. The molecule has 0 atom stereocenters. The predicted octanol–water partition coefficient (Wildman–Crippen LogP) is 0.971. The first kappa shape index (κ1) is 15.7. The summed E-state index contributed by atoms with van der Waals surface area (Å²) in [5, 5.41) is 7.12. The van der Waals surface area contributed by atoms with Crippen molar-refractivity contribution in [3.63, 3.8) is 0 Å². The Balaban J connectivity index is 1.96. The number of aromatic nitrogens is 2. The molecule has 0 spiro atoms. The van der Waals surface area contributed by atoms with Gasteiger partial charge in [-0.2, -0.15) is 5.10 Å². The normalized spacial score (nSPS) is 11.7. The molecule has 1 aromatic heterocycles. The van der Waals surface area contributed by atoms with Crippen molar-refractivity contribution in [1.29, 1.82) is 0 Å². The molecule has 0 aliphatic carbocycles. The largest absolute Gasteiger partial charge is 0.320 e. The van der Waals surface area contributed by atoms with Crippen molar-refractivity contribution < 1.29 is 8.42 Å². The monoisotopic (exact) mass is 308 g/mol. The highest BCUT2D eigenvalue weighted by Gasteiger charge is 2.15. The van der Waals surface area contributed by atoms with Gasteiger partial charge in [0.1, 0.15) is 4.90 Å². The minimum atomic E-state index is -3.52. The molecule has 1 aromatic carbocycles. The molecular weight excluding hydrogens is 288 g/mol. The van der Waals surface area contributed by atoms with Gasteiger partial charge in [0, 0.05) is 19.3 Å². The summed E-state index contributed by atoms with van der Waals surface area (Å²) >= 11 is 0. The molecule has 21 heavy (non-hydrogen) atoms. The fourth-order valence-corrected chi connectivity index (χ4v) is 2.85. The van der Waals surface area contributed by atoms with Crippen molar-refractivity contribution in [3.8, 4) is 0 Å². The summed E-state index contributed by atoms with van der Waals surface area (Å²) in [7, 11) is -1.64. The molecule has 2 rings (SSSR count). The van der Waals surface area contributed by atoms with Crippen LogP contribution in [0.2, 0.25) is 0 Å². The van der Waals surface area contributed by atoms with Gasteiger partial charge in [-0.3, -0.25) is 4.68 Å². The highest BCUT2D eigenvalue weighted by molar-refractivity contribution is 7.89. The maximum atomic E-state index is 12.2. The van der Waals surface area contributed by atoms with E-state index < -0.39 is 10.0 Å². The van der Waals surface area contributed by atoms with Crippen molar-refractivity contribution in [2.24, 2.45) is 0 Å². The quantitative estimate of drug-likeness (QED) is 0.713. The summed E-state index contributed by atoms with van der Waals surface area (Å²) in [6.07, 6.45) is 3.84. The minimum Gasteiger partial charge on any atom is -0.320 e. The van der Waals surface area contributed by atoms with Gasteiger partial charge in [0.2, 0.25) is 10.0 Å². The molecule has 0 saturated heterocycles. The predicted molar refractivity (Wildman–Crippen MR) is 81.2 cm³/mol. The van der Waals surface area contributed by atoms with Crippen LogP contribution in [0.3, 0.4) is 0 Å². The van der Waals surface area contributed by atoms with Crippen LogP contribution in [0.5, 0.6) is 0 Å². The average molecular weight is 308 g/mol. The Hall–Kier alpha value is -1.70. The number of hydrogen-bond acceptors (Lipinski definition) is 4. The van der Waals surface area contributed by atoms with E-state index in [4.69, 9.17) is 0 Å². The first-order valence-electron chi connectivity index (χ1n) is 6.82. The van der Waals surface area contributed by atoms with E-state index in [1.54, 1.807) is 10.9 Å². The molecule has 0 aliphatic heterocycles. The molecule has 1 heterocycles. The number of benzene rings is 1. The Labute approximate surface area is 125 Å². The molecule has 0 aliphatic rings. The van der Waals surface area contributed by atoms with Crippen LogP contribution in [-0.4, -0.2) is 31.8 Å². The van der Waals surface area contributed by atoms with E-state index >= 15 is 0 Å². The zero-order chi connectivity index (χ0) is 15.1. The van der Waals surface area contributed by atoms with Crippen LogP contribution < -0.4 is 10.0 Å². The Morgan fingerprint density at radius 3 is 2.71 bits per heavy atom. The maximum Gasteiger partial charge on any atom is 0.243 e. The van der Waals surface area contributed by atoms with E-state index in [1.165, 1.54) is 6.20 Å². The van der Waals surface area contributed by atoms with E-state index in [2.05, 4.69) is 15.1 Å². The van der Waals surface area contributed by atoms with E-state index in [9.17, 15) is 8.42 Å². The molecule has 7 heteroatoms. The molecular formula is C14H20N4O2S. The summed E-state index contributed by atoms with van der Waals surface area (Å²) in [6.45, 7) is 1.83. The van der Waals surface area contributed by atoms with E-state index in [-0.39, 0.29) is 11.4 Å². The third kappa shape index (κ3) is 4.66. The van der Waals surface area contributed by atoms with Gasteiger partial charge in [0.25, 0.3) is 0 Å². The lowest BCUT2D eigenvalue weighted by molar-refractivity contribution is 0.560. The van der Waals surface area contributed by atoms with Crippen molar-refractivity contribution in [1.82, 2.24) is 19.8 Å². The summed E-state index contributed by atoms with van der Waals surface area (Å²) in [4.78, 5) is 0.197. The number of sulfonamides is 1. The SMILES string of the molecule is CNCCCn1cc(S(=O)(=O)NCc2ccccc2)cn1. The lowest BCUT2D eigenvalue weighted by Crippen LogP contribution is -2.22. The van der Waals surface area contributed by atoms with E-state index in [0.717, 1.165) is 18.5 Å². The summed E-state index contributed by atoms with van der Waals surface area (Å²) in [5.74, 6) is 0. The molecule has 0 saturated carbocycles. The van der Waals surface area contributed by atoms with Gasteiger partial charge in [0.15, 0.2) is 0 Å². The second-order valence-electron chi connectivity index (χ2n) is 4.71. The molecule has 0 unspecified atom stereocenters. The topological polar surface area (TPSA) is 76.0 Å². The smallest absolute Gasteiger partial charge is 0.243 e. The third-order valence-corrected chi connectivity index (χ3v) is 4.40. The number of hydrogen-bond donors (Lipinski definition) is 2. The van der Waals surface area contributed by atoms with Crippen LogP contribution in [-0.2, 0) is 23.1 Å². The summed E-state index contributed by atoms with van der Waals surface area (Å²) in [5.41, 5.74) is 0.919. The Kier molecular flexibility index (Phi) is 5.49. The van der Waals surface area contributed by atoms with Crippen molar-refractivity contribution in [2.45, 2.75) is 24.4 Å². The van der Waals surface area contributed by atoms with Crippen LogP contribution in [0.15, 0.2) is 47.6 Å². The second kappa shape index (κ2) is 7.35. The minimum absolute atomic E-state index is 0.197. The molecule has 2 N–H and O–H groups in total. The number of nitrogens with zero attached hydrogens (tertiary/aromatic N) is 2. The molecule has 2 aromatic rings. The lowest BCUT2D eigenvalue weighted by Gasteiger charge is -2.04. The van der Waals surface area contributed by atoms with Gasteiger partial charge in [-0.25, -0.2) is 13.1 Å². The molecule has 114 valence electrons. The average Bonchev–Trinajstić information content (AvgIpc) is 2.96. The fourth-order valence-electron chi connectivity index (χ4n) is 1.88. The van der Waals surface area contributed by atoms with Gasteiger partial charge < -0.3 is 5.32 Å². The Bertz CT molecular complexity index is 653. The first-order chi connectivity index (χ1) is 10.1. The van der Waals surface area contributed by atoms with Gasteiger partial charge in [0.05, 0.1) is 6.20 Å². The number of rotatable bonds is 8. The molecule has 0 bridgehead atoms. The first-order valence-corrected chi connectivity index (χ1v) is 8.31. The zero-order valence-electron chi connectivity index (χ0n) is 12.0. The van der Waals surface area contributed by atoms with Crippen LogP contribution >= 0.6 is 0 Å². The second-order valence-corrected chi connectivity index (χ2v) is 6.47. The fraction of sp³-hybridized carbons (Fsp3) is 0.357. The van der Waals surface area contributed by atoms with Crippen LogP contribution in [0.25, 0.3) is 0 Å². The molecule has 6 nitrogen and oxygen atoms in total. The van der Waals surface area contributed by atoms with Crippen LogP contribution in [0, 0.1) is 0 Å². The summed E-state index contributed by atoms with van der Waals surface area (Å²) in [6, 6.07) is 9.41. The van der Waals surface area contributed by atoms with Crippen molar-refractivity contribution in [3.05, 3.63) is 48.3 Å². The summed E-state index contributed by atoms with van der Waals surface area (Å²) < 4.78 is 28.6. The van der Waals surface area contributed by atoms with Gasteiger partial charge in [-0.15, -0.1) is 0 Å². The molecule has 0 fully saturated rings. The highest BCUT2D eigenvalue weighted by atomic mass is 32.2. The molecule has 0 amide bonds. The van der Waals surface area contributed by atoms with Crippen molar-refractivity contribution in [2.75, 3.05) is 13.6 Å². The Morgan fingerprint density at radius 2 is 2.00 bits per heavy atom. The van der Waals surface area contributed by atoms with Gasteiger partial charge >= 0.3 is 0 Å². The number of aryl methyl sites for hydroxylation is 1. The molecule has 0 radical (unpaired) electrons. The van der Waals surface area contributed by atoms with Gasteiger partial charge in [-0.1, -0.05) is 30.3 Å². The van der Waals surface area contributed by atoms with Crippen LogP contribution in [0.1, 0.15) is 12.0 Å². The zero-order valence-corrected chi connectivity index (χ0v) is 12.8. The lowest BCUT2D eigenvalue weighted by atomic mass is 10.2. The highest BCUT2D eigenvalue weighted by Crippen LogP contribution is 2.08. The maximum absolute atomic E-state index is 12.2. The van der Waals surface area contributed by atoms with Gasteiger partial charge in [-0.05, 0) is 25.6 Å². The van der Waals surface area contributed by atoms with E-state index in [0.29, 0.717) is 6.54 Å². The number of nitrogens with one attached hydrogen (secondary N) is 2. The third-order valence-electron chi connectivity index (χ3n) is 3.04. The van der Waals surface area contributed by atoms with E-state index in [1.807, 2.05) is 37.4 Å². The van der Waals surface area contributed by atoms with Crippen molar-refractivity contribution >= 4 is 10.0 Å². The van der Waals surface area contributed by atoms with Crippen LogP contribution in [0.4, 0.5) is 0 Å². The standard InChI is InChI=1S/C14H20N4O2S/c1-15-8-5-9-18-12-14(11-16-18)21(19,20)17-10-13-6-3-2-4-7-13/h2-4,6-7,11-12,15,17H,5,8-10H2,1H3.